The number of ether oxygens (including phenoxy) is 2. The monoisotopic (exact) mass is 461 g/mol. The van der Waals surface area contributed by atoms with Crippen molar-refractivity contribution in [2.45, 2.75) is 10.9 Å². The van der Waals surface area contributed by atoms with Gasteiger partial charge in [-0.05, 0) is 33.1 Å². The molecule has 0 spiro atoms. The molecule has 3 rings (SSSR count). The van der Waals surface area contributed by atoms with Crippen molar-refractivity contribution in [3.63, 3.8) is 0 Å². The highest BCUT2D eigenvalue weighted by Crippen LogP contribution is 2.36. The summed E-state index contributed by atoms with van der Waals surface area (Å²) in [5, 5.41) is 0. The minimum atomic E-state index is -3.88. The molecular weight excluding hydrogens is 442 g/mol. The van der Waals surface area contributed by atoms with E-state index in [4.69, 9.17) is 9.47 Å². The molecule has 7 heteroatoms. The van der Waals surface area contributed by atoms with E-state index in [1.165, 1.54) is 20.3 Å². The zero-order chi connectivity index (χ0) is 20.1. The predicted molar refractivity (Wildman–Crippen MR) is 112 cm³/mol. The molecule has 0 atom stereocenters. The van der Waals surface area contributed by atoms with Gasteiger partial charge in [0.05, 0.1) is 20.3 Å². The summed E-state index contributed by atoms with van der Waals surface area (Å²) in [6, 6.07) is 21.4. The largest absolute Gasteiger partial charge is 0.493 e. The number of sulfonamides is 1. The molecule has 0 radical (unpaired) electrons. The van der Waals surface area contributed by atoms with Crippen LogP contribution < -0.4 is 14.2 Å². The Labute approximate surface area is 173 Å². The minimum Gasteiger partial charge on any atom is -0.493 e. The van der Waals surface area contributed by atoms with Crippen LogP contribution in [-0.2, 0) is 10.0 Å². The zero-order valence-electron chi connectivity index (χ0n) is 15.4. The van der Waals surface area contributed by atoms with Crippen molar-refractivity contribution in [2.24, 2.45) is 0 Å². The lowest BCUT2D eigenvalue weighted by Gasteiger charge is -2.21. The van der Waals surface area contributed by atoms with Crippen LogP contribution in [0.5, 0.6) is 11.5 Å². The van der Waals surface area contributed by atoms with Crippen LogP contribution in [0.15, 0.2) is 82.2 Å². The molecule has 1 N–H and O–H groups in total. The van der Waals surface area contributed by atoms with E-state index in [2.05, 4.69) is 20.7 Å². The van der Waals surface area contributed by atoms with Crippen LogP contribution >= 0.6 is 15.9 Å². The highest BCUT2D eigenvalue weighted by atomic mass is 79.9. The Morgan fingerprint density at radius 3 is 1.75 bits per heavy atom. The second-order valence-corrected chi connectivity index (χ2v) is 8.55. The number of methoxy groups -OCH3 is 2. The topological polar surface area (TPSA) is 64.6 Å². The molecule has 0 aliphatic carbocycles. The molecule has 28 heavy (non-hydrogen) atoms. The van der Waals surface area contributed by atoms with Gasteiger partial charge in [-0.3, -0.25) is 0 Å². The van der Waals surface area contributed by atoms with Crippen molar-refractivity contribution in [3.05, 3.63) is 88.4 Å². The van der Waals surface area contributed by atoms with E-state index >= 15 is 0 Å². The highest BCUT2D eigenvalue weighted by Gasteiger charge is 2.26. The maximum Gasteiger partial charge on any atom is 0.242 e. The minimum absolute atomic E-state index is 0.0713. The van der Waals surface area contributed by atoms with Crippen LogP contribution in [0.2, 0.25) is 0 Å². The van der Waals surface area contributed by atoms with E-state index in [0.717, 1.165) is 11.1 Å². The van der Waals surface area contributed by atoms with Gasteiger partial charge in [0.15, 0.2) is 11.5 Å². The molecule has 0 aliphatic heterocycles. The van der Waals surface area contributed by atoms with Gasteiger partial charge in [0, 0.05) is 10.5 Å². The summed E-state index contributed by atoms with van der Waals surface area (Å²) in [4.78, 5) is 0.0713. The van der Waals surface area contributed by atoms with Crippen molar-refractivity contribution >= 4 is 26.0 Å². The van der Waals surface area contributed by atoms with Gasteiger partial charge in [0.25, 0.3) is 0 Å². The maximum absolute atomic E-state index is 13.2. The predicted octanol–water partition coefficient (Wildman–Crippen LogP) is 4.53. The maximum atomic E-state index is 13.2. The van der Waals surface area contributed by atoms with E-state index in [0.29, 0.717) is 16.0 Å². The fourth-order valence-corrected chi connectivity index (χ4v) is 5.13. The summed E-state index contributed by atoms with van der Waals surface area (Å²) in [6.45, 7) is 0. The van der Waals surface area contributed by atoms with Crippen molar-refractivity contribution < 1.29 is 17.9 Å². The molecule has 0 saturated carbocycles. The molecule has 0 saturated heterocycles. The Kier molecular flexibility index (Phi) is 6.39. The van der Waals surface area contributed by atoms with Crippen molar-refractivity contribution in [2.75, 3.05) is 14.2 Å². The SMILES string of the molecule is COc1cc(Br)c(S(=O)(=O)NC(c2ccccc2)c2ccccc2)cc1OC. The second-order valence-electron chi connectivity index (χ2n) is 6.01. The van der Waals surface area contributed by atoms with E-state index < -0.39 is 16.1 Å². The zero-order valence-corrected chi connectivity index (χ0v) is 17.8. The molecule has 0 aliphatic rings. The number of hydrogen-bond acceptors (Lipinski definition) is 4. The average Bonchev–Trinajstić information content (AvgIpc) is 2.73. The van der Waals surface area contributed by atoms with Crippen LogP contribution in [0.4, 0.5) is 0 Å². The van der Waals surface area contributed by atoms with Crippen LogP contribution in [0.1, 0.15) is 17.2 Å². The summed E-state index contributed by atoms with van der Waals surface area (Å²) < 4.78 is 40.2. The molecule has 0 fully saturated rings. The molecule has 0 heterocycles. The number of nitrogens with one attached hydrogen (secondary N) is 1. The van der Waals surface area contributed by atoms with E-state index in [9.17, 15) is 8.42 Å². The number of benzene rings is 3. The fourth-order valence-electron chi connectivity index (χ4n) is 2.88. The number of hydrogen-bond donors (Lipinski definition) is 1. The Hall–Kier alpha value is -2.35. The summed E-state index contributed by atoms with van der Waals surface area (Å²) in [6.07, 6.45) is 0. The number of halogens is 1. The molecule has 3 aromatic carbocycles. The van der Waals surface area contributed by atoms with E-state index in [1.54, 1.807) is 6.07 Å². The first kappa shape index (κ1) is 20.4. The molecular formula is C21H20BrNO4S. The lowest BCUT2D eigenvalue weighted by Crippen LogP contribution is -2.29. The lowest BCUT2D eigenvalue weighted by atomic mass is 10.00. The van der Waals surface area contributed by atoms with Gasteiger partial charge in [-0.15, -0.1) is 0 Å². The lowest BCUT2D eigenvalue weighted by molar-refractivity contribution is 0.353. The highest BCUT2D eigenvalue weighted by molar-refractivity contribution is 9.10. The Morgan fingerprint density at radius 2 is 1.29 bits per heavy atom. The van der Waals surface area contributed by atoms with Crippen LogP contribution in [0, 0.1) is 0 Å². The van der Waals surface area contributed by atoms with Crippen molar-refractivity contribution in [3.8, 4) is 11.5 Å². The van der Waals surface area contributed by atoms with Gasteiger partial charge in [-0.25, -0.2) is 8.42 Å². The number of rotatable bonds is 7. The third-order valence-corrected chi connectivity index (χ3v) is 6.65. The third kappa shape index (κ3) is 4.38. The Bertz CT molecular complexity index is 1000. The Balaban J connectivity index is 2.06. The van der Waals surface area contributed by atoms with Gasteiger partial charge in [-0.1, -0.05) is 60.7 Å². The van der Waals surface area contributed by atoms with E-state index in [-0.39, 0.29) is 4.90 Å². The molecule has 3 aromatic rings. The van der Waals surface area contributed by atoms with Gasteiger partial charge >= 0.3 is 0 Å². The van der Waals surface area contributed by atoms with E-state index in [1.807, 2.05) is 60.7 Å². The quantitative estimate of drug-likeness (QED) is 0.560. The first-order chi connectivity index (χ1) is 13.5. The fraction of sp³-hybridized carbons (Fsp3) is 0.143. The molecule has 146 valence electrons. The van der Waals surface area contributed by atoms with Crippen molar-refractivity contribution in [1.29, 1.82) is 0 Å². The summed E-state index contributed by atoms with van der Waals surface area (Å²) in [5.41, 5.74) is 1.68. The smallest absolute Gasteiger partial charge is 0.242 e. The summed E-state index contributed by atoms with van der Waals surface area (Å²) in [5.74, 6) is 0.776. The normalized spacial score (nSPS) is 11.4. The summed E-state index contributed by atoms with van der Waals surface area (Å²) >= 11 is 3.33. The first-order valence-corrected chi connectivity index (χ1v) is 10.8. The standard InChI is InChI=1S/C21H20BrNO4S/c1-26-18-13-17(22)20(14-19(18)27-2)28(24,25)23-21(15-9-5-3-6-10-15)16-11-7-4-8-12-16/h3-14,21,23H,1-2H3. The van der Waals surface area contributed by atoms with Crippen LogP contribution in [-0.4, -0.2) is 22.6 Å². The molecule has 0 unspecified atom stereocenters. The second kappa shape index (κ2) is 8.77. The molecule has 5 nitrogen and oxygen atoms in total. The summed E-state index contributed by atoms with van der Waals surface area (Å²) in [7, 11) is -0.914. The van der Waals surface area contributed by atoms with Gasteiger partial charge < -0.3 is 9.47 Å². The molecule has 0 bridgehead atoms. The Morgan fingerprint density at radius 1 is 0.821 bits per heavy atom. The van der Waals surface area contributed by atoms with Gasteiger partial charge in [-0.2, -0.15) is 4.72 Å². The molecule has 0 amide bonds. The molecule has 0 aromatic heterocycles. The van der Waals surface area contributed by atoms with Crippen LogP contribution in [0.25, 0.3) is 0 Å². The van der Waals surface area contributed by atoms with Crippen molar-refractivity contribution in [1.82, 2.24) is 4.72 Å². The van der Waals surface area contributed by atoms with Gasteiger partial charge in [0.2, 0.25) is 10.0 Å². The third-order valence-electron chi connectivity index (χ3n) is 4.27. The van der Waals surface area contributed by atoms with Gasteiger partial charge in [0.1, 0.15) is 4.90 Å². The van der Waals surface area contributed by atoms with Crippen LogP contribution in [0.3, 0.4) is 0 Å². The first-order valence-electron chi connectivity index (χ1n) is 8.50. The average molecular weight is 462 g/mol.